The number of para-hydroxylation sites is 2. The molecule has 2 aliphatic rings. The third kappa shape index (κ3) is 8.77. The number of hydrogen-bond donors (Lipinski definition) is 5. The number of aryl methyl sites for hydroxylation is 1. The van der Waals surface area contributed by atoms with E-state index in [2.05, 4.69) is 176 Å². The molecule has 8 aromatic rings. The largest absolute Gasteiger partial charge is 0.371 e. The fourth-order valence-electron chi connectivity index (χ4n) is 8.22. The molecule has 14 heteroatoms. The normalized spacial score (nSPS) is 15.3. The van der Waals surface area contributed by atoms with Gasteiger partial charge in [0.2, 0.25) is 0 Å². The Kier molecular flexibility index (Phi) is 11.2. The highest BCUT2D eigenvalue weighted by Crippen LogP contribution is 2.30. The van der Waals surface area contributed by atoms with Crippen molar-refractivity contribution in [3.05, 3.63) is 121 Å². The van der Waals surface area contributed by atoms with Crippen LogP contribution < -0.4 is 20.4 Å². The van der Waals surface area contributed by atoms with Gasteiger partial charge in [-0.05, 0) is 95.8 Å². The zero-order valence-corrected chi connectivity index (χ0v) is 32.9. The summed E-state index contributed by atoms with van der Waals surface area (Å²) >= 11 is 0. The maximum atomic E-state index is 4.05. The lowest BCUT2D eigenvalue weighted by molar-refractivity contribution is 0.410. The van der Waals surface area contributed by atoms with E-state index < -0.39 is 0 Å². The minimum Gasteiger partial charge on any atom is -0.371 e. The van der Waals surface area contributed by atoms with Gasteiger partial charge in [-0.2, -0.15) is 5.21 Å². The van der Waals surface area contributed by atoms with Crippen LogP contribution in [0, 0.1) is 0 Å². The number of H-pyrrole nitrogens is 3. The molecule has 4 aromatic heterocycles. The Morgan fingerprint density at radius 3 is 1.72 bits per heavy atom. The number of tetrazole rings is 2. The molecule has 0 atom stereocenters. The van der Waals surface area contributed by atoms with Gasteiger partial charge >= 0.3 is 0 Å². The molecular weight excluding hydrogens is 725 g/mol. The van der Waals surface area contributed by atoms with Crippen LogP contribution in [0.4, 0.5) is 11.4 Å². The highest BCUT2D eigenvalue weighted by Gasteiger charge is 2.21. The number of rotatable bonds is 11. The molecule has 10 rings (SSSR count). The Bertz CT molecular complexity index is 2450. The zero-order valence-electron chi connectivity index (χ0n) is 32.9. The number of piperidine rings is 2. The first-order valence-electron chi connectivity index (χ1n) is 20.4. The van der Waals surface area contributed by atoms with E-state index in [9.17, 15) is 0 Å². The second-order valence-corrected chi connectivity index (χ2v) is 15.3. The van der Waals surface area contributed by atoms with E-state index in [4.69, 9.17) is 0 Å². The van der Waals surface area contributed by atoms with Crippen LogP contribution in [0.5, 0.6) is 0 Å². The summed E-state index contributed by atoms with van der Waals surface area (Å²) in [6, 6.07) is 40.0. The van der Waals surface area contributed by atoms with Crippen molar-refractivity contribution in [1.29, 1.82) is 0 Å². The van der Waals surface area contributed by atoms with E-state index in [1.54, 1.807) is 4.68 Å². The molecule has 296 valence electrons. The second-order valence-electron chi connectivity index (χ2n) is 15.3. The smallest absolute Gasteiger partial charge is 0.188 e. The zero-order chi connectivity index (χ0) is 39.1. The quantitative estimate of drug-likeness (QED) is 0.101. The first kappa shape index (κ1) is 37.2. The SMILES string of the molecule is Cn1nnnc1CCNC1CCN(c2cccc(-c3cc4ccccc4[nH]3)c2)CC1.c1cc(-c2cc3ccccc3[nH]2)cc(N2CCC(NCc3nn[nH]n3)CC2)c1. The number of benzene rings is 4. The highest BCUT2D eigenvalue weighted by molar-refractivity contribution is 5.87. The lowest BCUT2D eigenvalue weighted by Crippen LogP contribution is -2.43. The van der Waals surface area contributed by atoms with Gasteiger partial charge in [0.1, 0.15) is 0 Å². The molecule has 4 aromatic carbocycles. The molecule has 0 aliphatic carbocycles. The monoisotopic (exact) mass is 774 g/mol. The molecule has 2 fully saturated rings. The lowest BCUT2D eigenvalue weighted by Gasteiger charge is -2.34. The molecule has 2 aliphatic heterocycles. The van der Waals surface area contributed by atoms with E-state index in [1.165, 1.54) is 55.7 Å². The van der Waals surface area contributed by atoms with Crippen LogP contribution in [0.2, 0.25) is 0 Å². The number of hydrogen-bond acceptors (Lipinski definition) is 10. The number of anilines is 2. The van der Waals surface area contributed by atoms with Crippen LogP contribution in [0.15, 0.2) is 109 Å². The van der Waals surface area contributed by atoms with Gasteiger partial charge in [-0.1, -0.05) is 65.9 Å². The van der Waals surface area contributed by atoms with Crippen LogP contribution in [0.25, 0.3) is 44.3 Å². The summed E-state index contributed by atoms with van der Waals surface area (Å²) in [5.74, 6) is 1.64. The second kappa shape index (κ2) is 17.4. The van der Waals surface area contributed by atoms with Crippen molar-refractivity contribution in [3.63, 3.8) is 0 Å². The van der Waals surface area contributed by atoms with Gasteiger partial charge in [-0.3, -0.25) is 0 Å². The molecule has 0 saturated carbocycles. The molecule has 6 heterocycles. The summed E-state index contributed by atoms with van der Waals surface area (Å²) in [6.07, 6.45) is 5.36. The van der Waals surface area contributed by atoms with Crippen LogP contribution in [-0.4, -0.2) is 95.6 Å². The minimum atomic E-state index is 0.492. The van der Waals surface area contributed by atoms with Gasteiger partial charge in [-0.15, -0.1) is 15.3 Å². The average molecular weight is 775 g/mol. The summed E-state index contributed by atoms with van der Waals surface area (Å²) in [7, 11) is 1.89. The van der Waals surface area contributed by atoms with Crippen molar-refractivity contribution in [2.24, 2.45) is 7.05 Å². The summed E-state index contributed by atoms with van der Waals surface area (Å²) in [5.41, 5.74) is 9.75. The van der Waals surface area contributed by atoms with Crippen LogP contribution in [0.1, 0.15) is 37.3 Å². The minimum absolute atomic E-state index is 0.492. The van der Waals surface area contributed by atoms with Crippen molar-refractivity contribution in [3.8, 4) is 22.5 Å². The molecule has 0 unspecified atom stereocenters. The third-order valence-corrected chi connectivity index (χ3v) is 11.5. The van der Waals surface area contributed by atoms with Gasteiger partial charge in [0.05, 0.1) is 6.54 Å². The lowest BCUT2D eigenvalue weighted by atomic mass is 10.0. The van der Waals surface area contributed by atoms with Gasteiger partial charge in [-0.25, -0.2) is 4.68 Å². The molecule has 14 nitrogen and oxygen atoms in total. The van der Waals surface area contributed by atoms with Crippen LogP contribution in [-0.2, 0) is 20.0 Å². The summed E-state index contributed by atoms with van der Waals surface area (Å²) in [4.78, 5) is 12.0. The van der Waals surface area contributed by atoms with Gasteiger partial charge in [0, 0.05) is 103 Å². The van der Waals surface area contributed by atoms with Crippen molar-refractivity contribution in [2.45, 2.75) is 50.7 Å². The molecule has 58 heavy (non-hydrogen) atoms. The fraction of sp³-hybridized carbons (Fsp3) is 0.318. The van der Waals surface area contributed by atoms with Crippen molar-refractivity contribution in [2.75, 3.05) is 42.5 Å². The molecule has 0 bridgehead atoms. The summed E-state index contributed by atoms with van der Waals surface area (Å²) in [5, 5.41) is 35.4. The molecule has 0 amide bonds. The van der Waals surface area contributed by atoms with Gasteiger partial charge in [0.15, 0.2) is 11.6 Å². The predicted octanol–water partition coefficient (Wildman–Crippen LogP) is 6.27. The predicted molar refractivity (Wildman–Crippen MR) is 229 cm³/mol. The highest BCUT2D eigenvalue weighted by atomic mass is 15.5. The average Bonchev–Trinajstić information content (AvgIpc) is 4.12. The van der Waals surface area contributed by atoms with Crippen molar-refractivity contribution in [1.82, 2.24) is 61.4 Å². The summed E-state index contributed by atoms with van der Waals surface area (Å²) < 4.78 is 1.74. The molecule has 0 radical (unpaired) electrons. The van der Waals surface area contributed by atoms with E-state index in [-0.39, 0.29) is 0 Å². The van der Waals surface area contributed by atoms with E-state index in [1.807, 2.05) is 7.05 Å². The Hall–Kier alpha value is -6.38. The van der Waals surface area contributed by atoms with Crippen LogP contribution >= 0.6 is 0 Å². The maximum Gasteiger partial charge on any atom is 0.188 e. The maximum absolute atomic E-state index is 4.05. The van der Waals surface area contributed by atoms with Crippen LogP contribution in [0.3, 0.4) is 0 Å². The van der Waals surface area contributed by atoms with E-state index in [0.717, 1.165) is 70.7 Å². The Morgan fingerprint density at radius 2 is 1.21 bits per heavy atom. The molecule has 2 saturated heterocycles. The summed E-state index contributed by atoms with van der Waals surface area (Å²) in [6.45, 7) is 5.80. The first-order chi connectivity index (χ1) is 28.6. The molecule has 5 N–H and O–H groups in total. The third-order valence-electron chi connectivity index (χ3n) is 11.5. The van der Waals surface area contributed by atoms with Crippen molar-refractivity contribution >= 4 is 33.2 Å². The molecular formula is C44H50N14. The Labute approximate surface area is 337 Å². The first-order valence-corrected chi connectivity index (χ1v) is 20.4. The van der Waals surface area contributed by atoms with E-state index >= 15 is 0 Å². The topological polar surface area (TPSA) is 160 Å². The Morgan fingerprint density at radius 1 is 0.638 bits per heavy atom. The Balaban J connectivity index is 0.000000151. The van der Waals surface area contributed by atoms with Crippen molar-refractivity contribution < 1.29 is 0 Å². The van der Waals surface area contributed by atoms with E-state index in [0.29, 0.717) is 24.5 Å². The number of nitrogens with one attached hydrogen (secondary N) is 5. The van der Waals surface area contributed by atoms with Gasteiger partial charge < -0.3 is 30.4 Å². The standard InChI is InChI=1S/C23H27N7.C21H23N7/c1-29-23(26-27-28-29)9-12-24-19-10-13-30(14-11-19)20-7-4-6-17(15-20)22-16-18-5-2-3-8-21(18)25-22;1-2-7-19-16(4-1)13-20(23-19)15-5-3-6-18(12-15)28-10-8-17(9-11-28)22-14-21-24-26-27-25-21/h2-8,15-16,19,24-25H,9-14H2,1H3;1-7,12-13,17,22-23H,8-11,14H2,(H,24,25,26,27). The number of nitrogens with zero attached hydrogens (tertiary/aromatic N) is 9. The van der Waals surface area contributed by atoms with Gasteiger partial charge in [0.25, 0.3) is 0 Å². The number of aromatic nitrogens is 10. The molecule has 0 spiro atoms. The fourth-order valence-corrected chi connectivity index (χ4v) is 8.22. The number of fused-ring (bicyclic) bond motifs is 2. The number of aromatic amines is 3.